The van der Waals surface area contributed by atoms with E-state index in [2.05, 4.69) is 53.0 Å². The lowest BCUT2D eigenvalue weighted by atomic mass is 9.76. The summed E-state index contributed by atoms with van der Waals surface area (Å²) in [5.74, 6) is 0.0313. The first-order valence-corrected chi connectivity index (χ1v) is 19.0. The molecule has 2 aromatic carbocycles. The van der Waals surface area contributed by atoms with Crippen molar-refractivity contribution >= 4 is 51.8 Å². The molecule has 8 rings (SSSR count). The molecule has 6 heterocycles. The lowest BCUT2D eigenvalue weighted by molar-refractivity contribution is -0.135. The molecule has 0 spiro atoms. The molecule has 16 nitrogen and oxygen atoms in total. The number of nitrogens with one attached hydrogen (secondary N) is 4. The number of hydrogen-bond acceptors (Lipinski definition) is 12. The molecule has 2 saturated heterocycles. The molecule has 0 saturated carbocycles. The van der Waals surface area contributed by atoms with Crippen molar-refractivity contribution in [2.24, 2.45) is 12.5 Å². The van der Waals surface area contributed by atoms with Crippen LogP contribution in [0.15, 0.2) is 84.2 Å². The van der Waals surface area contributed by atoms with Crippen LogP contribution in [0, 0.1) is 11.2 Å². The smallest absolute Gasteiger partial charge is 0.329 e. The minimum Gasteiger partial charge on any atom is -0.494 e. The summed E-state index contributed by atoms with van der Waals surface area (Å²) in [6.45, 7) is 4.74. The molecule has 4 N–H and O–H groups in total. The van der Waals surface area contributed by atoms with Gasteiger partial charge in [0.2, 0.25) is 11.8 Å². The molecular weight excluding hydrogens is 758 g/mol. The fraction of sp³-hybridized carbons (Fsp3) is 0.286. The molecule has 2 fully saturated rings. The Morgan fingerprint density at radius 2 is 1.68 bits per heavy atom. The largest absolute Gasteiger partial charge is 0.494 e. The fourth-order valence-electron chi connectivity index (χ4n) is 8.05. The highest BCUT2D eigenvalue weighted by atomic mass is 19.1. The van der Waals surface area contributed by atoms with Gasteiger partial charge in [-0.2, -0.15) is 0 Å². The number of fused-ring (bicyclic) bond motifs is 1. The minimum atomic E-state index is -0.715. The normalized spacial score (nSPS) is 16.3. The quantitative estimate of drug-likeness (QED) is 0.126. The Morgan fingerprint density at radius 1 is 0.915 bits per heavy atom. The molecule has 2 aliphatic heterocycles. The first kappa shape index (κ1) is 38.8. The topological polar surface area (TPSA) is 190 Å². The van der Waals surface area contributed by atoms with E-state index < -0.39 is 17.8 Å². The van der Waals surface area contributed by atoms with E-state index in [0.29, 0.717) is 51.8 Å². The monoisotopic (exact) mass is 799 g/mol. The number of amides is 3. The average Bonchev–Trinajstić information content (AvgIpc) is 3.45. The van der Waals surface area contributed by atoms with E-state index in [1.54, 1.807) is 35.9 Å². The van der Waals surface area contributed by atoms with E-state index in [9.17, 15) is 23.6 Å². The van der Waals surface area contributed by atoms with E-state index in [4.69, 9.17) is 4.74 Å². The lowest BCUT2D eigenvalue weighted by Gasteiger charge is -2.48. The Balaban J connectivity index is 0.913. The zero-order chi connectivity index (χ0) is 41.4. The number of anilines is 4. The number of para-hydroxylation sites is 1. The number of benzene rings is 2. The van der Waals surface area contributed by atoms with Crippen LogP contribution in [0.25, 0.3) is 22.4 Å². The number of pyridine rings is 2. The Kier molecular flexibility index (Phi) is 10.4. The van der Waals surface area contributed by atoms with Crippen molar-refractivity contribution in [3.63, 3.8) is 0 Å². The number of piperidine rings is 1. The number of aromatic nitrogens is 6. The second kappa shape index (κ2) is 15.7. The number of aryl methyl sites for hydroxylation is 1. The van der Waals surface area contributed by atoms with Crippen molar-refractivity contribution < 1.29 is 23.5 Å². The highest BCUT2D eigenvalue weighted by Gasteiger charge is 2.39. The van der Waals surface area contributed by atoms with E-state index in [-0.39, 0.29) is 35.2 Å². The molecule has 59 heavy (non-hydrogen) atoms. The number of carbonyl (C=O) groups excluding carboxylic acids is 3. The van der Waals surface area contributed by atoms with Crippen LogP contribution >= 0.6 is 0 Å². The van der Waals surface area contributed by atoms with Gasteiger partial charge in [-0.1, -0.05) is 25.1 Å². The molecule has 17 heteroatoms. The Bertz CT molecular complexity index is 2660. The van der Waals surface area contributed by atoms with E-state index in [1.165, 1.54) is 24.9 Å². The van der Waals surface area contributed by atoms with Gasteiger partial charge in [0.15, 0.2) is 17.4 Å². The molecular formula is C42H42FN11O5. The molecule has 0 bridgehead atoms. The Labute approximate surface area is 337 Å². The van der Waals surface area contributed by atoms with Crippen LogP contribution in [0.4, 0.5) is 27.4 Å². The Hall–Kier alpha value is -7.01. The summed E-state index contributed by atoms with van der Waals surface area (Å²) < 4.78 is 22.3. The summed E-state index contributed by atoms with van der Waals surface area (Å²) in [7, 11) is 4.75. The van der Waals surface area contributed by atoms with Crippen LogP contribution in [0.5, 0.6) is 5.75 Å². The molecule has 2 aliphatic rings. The maximum atomic E-state index is 13.5. The second-order valence-corrected chi connectivity index (χ2v) is 15.2. The number of ether oxygens (including phenoxy) is 1. The third-order valence-corrected chi connectivity index (χ3v) is 10.7. The Morgan fingerprint density at radius 3 is 2.39 bits per heavy atom. The summed E-state index contributed by atoms with van der Waals surface area (Å²) in [5, 5.41) is 11.5. The summed E-state index contributed by atoms with van der Waals surface area (Å²) >= 11 is 0. The molecule has 4 aromatic heterocycles. The predicted octanol–water partition coefficient (Wildman–Crippen LogP) is 4.62. The summed E-state index contributed by atoms with van der Waals surface area (Å²) in [4.78, 5) is 70.0. The van der Waals surface area contributed by atoms with Gasteiger partial charge < -0.3 is 20.7 Å². The number of methoxy groups -OCH3 is 1. The molecule has 1 unspecified atom stereocenters. The number of imidazole rings is 1. The minimum absolute atomic E-state index is 0.0337. The van der Waals surface area contributed by atoms with Crippen LogP contribution in [0.3, 0.4) is 0 Å². The number of likely N-dealkylation sites (tertiary alicyclic amines) is 1. The first-order valence-electron chi connectivity index (χ1n) is 19.0. The third-order valence-electron chi connectivity index (χ3n) is 10.7. The van der Waals surface area contributed by atoms with E-state index in [1.807, 2.05) is 36.5 Å². The van der Waals surface area contributed by atoms with Gasteiger partial charge in [-0.05, 0) is 59.7 Å². The van der Waals surface area contributed by atoms with Gasteiger partial charge in [0, 0.05) is 58.6 Å². The number of nitrogens with zero attached hydrogens (tertiary/aromatic N) is 7. The van der Waals surface area contributed by atoms with Gasteiger partial charge in [-0.15, -0.1) is 0 Å². The van der Waals surface area contributed by atoms with Gasteiger partial charge >= 0.3 is 5.69 Å². The van der Waals surface area contributed by atoms with E-state index >= 15 is 0 Å². The van der Waals surface area contributed by atoms with Crippen molar-refractivity contribution in [3.05, 3.63) is 112 Å². The molecule has 0 aliphatic carbocycles. The van der Waals surface area contributed by atoms with Gasteiger partial charge in [-0.3, -0.25) is 33.7 Å². The van der Waals surface area contributed by atoms with Crippen molar-refractivity contribution in [2.75, 3.05) is 37.9 Å². The van der Waals surface area contributed by atoms with Crippen molar-refractivity contribution in [3.8, 4) is 17.1 Å². The average molecular weight is 800 g/mol. The maximum absolute atomic E-state index is 13.5. The number of halogens is 1. The molecule has 0 radical (unpaired) electrons. The zero-order valence-electron chi connectivity index (χ0n) is 32.9. The standard InChI is InChI=1S/C42H42FN11O5/c1-42(16-24-8-10-31-33(14-24)52(3)41(58)54(31)32-11-13-36(55)51-40(32)57)22-53(23-42)21-25-9-12-34(45-17-25)50-35-15-30(28(20-46-35)39(56)44-2)49-29-7-5-6-27(37(29)59-4)38-47-18-26(43)19-48-38/h5-10,12,14-15,17-20,32H,11,13,16,21-23H2,1-4H3,(H,44,56)(H,51,55,57)(H2,45,46,49,50). The molecule has 3 amide bonds. The van der Waals surface area contributed by atoms with Crippen LogP contribution in [0.2, 0.25) is 0 Å². The summed E-state index contributed by atoms with van der Waals surface area (Å²) in [6.07, 6.45) is 6.77. The van der Waals surface area contributed by atoms with Crippen molar-refractivity contribution in [1.82, 2.24) is 44.6 Å². The highest BCUT2D eigenvalue weighted by Crippen LogP contribution is 2.38. The van der Waals surface area contributed by atoms with Crippen LogP contribution in [-0.4, -0.2) is 78.9 Å². The van der Waals surface area contributed by atoms with Crippen molar-refractivity contribution in [2.45, 2.75) is 38.8 Å². The molecule has 1 atom stereocenters. The van der Waals surface area contributed by atoms with Gasteiger partial charge in [-0.25, -0.2) is 29.1 Å². The third kappa shape index (κ3) is 7.83. The fourth-order valence-corrected chi connectivity index (χ4v) is 8.05. The van der Waals surface area contributed by atoms with Crippen LogP contribution < -0.4 is 31.7 Å². The van der Waals surface area contributed by atoms with Crippen molar-refractivity contribution in [1.29, 1.82) is 0 Å². The van der Waals surface area contributed by atoms with Crippen LogP contribution in [0.1, 0.15) is 47.3 Å². The van der Waals surface area contributed by atoms with Crippen LogP contribution in [-0.2, 0) is 29.6 Å². The van der Waals surface area contributed by atoms with Gasteiger partial charge in [0.25, 0.3) is 5.91 Å². The predicted molar refractivity (Wildman–Crippen MR) is 218 cm³/mol. The van der Waals surface area contributed by atoms with E-state index in [0.717, 1.165) is 55.1 Å². The summed E-state index contributed by atoms with van der Waals surface area (Å²) in [6, 6.07) is 16.1. The van der Waals surface area contributed by atoms with Gasteiger partial charge in [0.1, 0.15) is 17.7 Å². The second-order valence-electron chi connectivity index (χ2n) is 15.2. The van der Waals surface area contributed by atoms with Gasteiger partial charge in [0.05, 0.1) is 53.0 Å². The molecule has 302 valence electrons. The number of rotatable bonds is 12. The lowest BCUT2D eigenvalue weighted by Crippen LogP contribution is -2.55. The summed E-state index contributed by atoms with van der Waals surface area (Å²) in [5.41, 5.74) is 5.15. The zero-order valence-corrected chi connectivity index (χ0v) is 32.9. The maximum Gasteiger partial charge on any atom is 0.329 e. The number of hydrogen-bond donors (Lipinski definition) is 4. The first-order chi connectivity index (χ1) is 28.4. The SMILES string of the molecule is CNC(=O)c1cnc(Nc2ccc(CN3CC(C)(Cc4ccc5c(c4)n(C)c(=O)n5C4CCC(=O)NC4=O)C3)cn2)cc1Nc1cccc(-c2ncc(F)cn2)c1OC. The molecule has 6 aromatic rings. The highest BCUT2D eigenvalue weighted by molar-refractivity contribution is 6.01. The number of imide groups is 1. The number of carbonyl (C=O) groups is 3.